The fraction of sp³-hybridized carbons (Fsp3) is 0.562. The van der Waals surface area contributed by atoms with Crippen molar-refractivity contribution in [3.05, 3.63) is 35.9 Å². The van der Waals surface area contributed by atoms with E-state index in [4.69, 9.17) is 0 Å². The molecule has 2 fully saturated rings. The highest BCUT2D eigenvalue weighted by molar-refractivity contribution is 5.85. The third-order valence-electron chi connectivity index (χ3n) is 4.82. The molecule has 1 aromatic rings. The lowest BCUT2D eigenvalue weighted by Gasteiger charge is -2.31. The van der Waals surface area contributed by atoms with Gasteiger partial charge >= 0.3 is 0 Å². The van der Waals surface area contributed by atoms with E-state index in [0.717, 1.165) is 38.8 Å². The number of carbonyl (C=O) groups excluding carboxylic acids is 1. The molecular weight excluding hydrogens is 236 g/mol. The summed E-state index contributed by atoms with van der Waals surface area (Å²) in [4.78, 5) is 14.6. The van der Waals surface area contributed by atoms with Crippen molar-refractivity contribution in [1.82, 2.24) is 10.2 Å². The van der Waals surface area contributed by atoms with Gasteiger partial charge in [0.25, 0.3) is 0 Å². The summed E-state index contributed by atoms with van der Waals surface area (Å²) in [6.45, 7) is 1.97. The van der Waals surface area contributed by atoms with Crippen LogP contribution in [0.1, 0.15) is 24.8 Å². The van der Waals surface area contributed by atoms with Crippen molar-refractivity contribution in [2.75, 3.05) is 20.1 Å². The zero-order valence-electron chi connectivity index (χ0n) is 11.6. The highest BCUT2D eigenvalue weighted by Crippen LogP contribution is 2.43. The highest BCUT2D eigenvalue weighted by Gasteiger charge is 2.49. The second-order valence-corrected chi connectivity index (χ2v) is 5.99. The first-order valence-electron chi connectivity index (χ1n) is 7.23. The Morgan fingerprint density at radius 2 is 1.95 bits per heavy atom. The Kier molecular flexibility index (Phi) is 3.31. The van der Waals surface area contributed by atoms with Crippen LogP contribution in [0.4, 0.5) is 0 Å². The minimum atomic E-state index is -0.0700. The van der Waals surface area contributed by atoms with E-state index >= 15 is 0 Å². The van der Waals surface area contributed by atoms with Gasteiger partial charge in [0.2, 0.25) is 5.91 Å². The minimum Gasteiger partial charge on any atom is -0.342 e. The van der Waals surface area contributed by atoms with Crippen LogP contribution < -0.4 is 5.32 Å². The summed E-state index contributed by atoms with van der Waals surface area (Å²) in [5.74, 6) is 0.370. The molecule has 0 bridgehead atoms. The Balaban J connectivity index is 1.75. The molecule has 2 aliphatic rings. The first kappa shape index (κ1) is 12.7. The van der Waals surface area contributed by atoms with E-state index in [1.165, 1.54) is 5.56 Å². The van der Waals surface area contributed by atoms with Gasteiger partial charge in [-0.05, 0) is 44.3 Å². The summed E-state index contributed by atoms with van der Waals surface area (Å²) < 4.78 is 0. The number of benzene rings is 1. The summed E-state index contributed by atoms with van der Waals surface area (Å²) >= 11 is 0. The van der Waals surface area contributed by atoms with Crippen LogP contribution in [0.2, 0.25) is 0 Å². The summed E-state index contributed by atoms with van der Waals surface area (Å²) in [5, 5.41) is 3.37. The van der Waals surface area contributed by atoms with Gasteiger partial charge in [-0.25, -0.2) is 0 Å². The quantitative estimate of drug-likeness (QED) is 0.877. The third kappa shape index (κ3) is 2.27. The van der Waals surface area contributed by atoms with Gasteiger partial charge in [0.05, 0.1) is 5.41 Å². The van der Waals surface area contributed by atoms with E-state index < -0.39 is 0 Å². The molecule has 2 aliphatic heterocycles. The zero-order chi connectivity index (χ0) is 13.3. The summed E-state index contributed by atoms with van der Waals surface area (Å²) in [6, 6.07) is 10.9. The van der Waals surface area contributed by atoms with Gasteiger partial charge < -0.3 is 10.2 Å². The normalized spacial score (nSPS) is 26.1. The topological polar surface area (TPSA) is 32.3 Å². The maximum atomic E-state index is 12.6. The van der Waals surface area contributed by atoms with E-state index in [-0.39, 0.29) is 5.41 Å². The van der Waals surface area contributed by atoms with E-state index in [1.807, 2.05) is 18.0 Å². The summed E-state index contributed by atoms with van der Waals surface area (Å²) in [7, 11) is 1.98. The van der Waals surface area contributed by atoms with E-state index in [1.54, 1.807) is 0 Å². The molecule has 1 amide bonds. The molecule has 3 rings (SSSR count). The number of nitrogens with zero attached hydrogens (tertiary/aromatic N) is 1. The molecule has 1 spiro atoms. The molecule has 0 radical (unpaired) electrons. The van der Waals surface area contributed by atoms with Crippen molar-refractivity contribution in [3.63, 3.8) is 0 Å². The van der Waals surface area contributed by atoms with Crippen LogP contribution in [-0.2, 0) is 11.2 Å². The molecule has 3 nitrogen and oxygen atoms in total. The number of nitrogens with one attached hydrogen (secondary N) is 1. The molecule has 1 atom stereocenters. The second kappa shape index (κ2) is 4.97. The standard InChI is InChI=1S/C16H22N2O/c1-18-14(11-13-5-3-2-4-6-13)12-16(15(18)19)7-9-17-10-8-16/h2-6,14,17H,7-12H2,1H3. The fourth-order valence-corrected chi connectivity index (χ4v) is 3.63. The number of amides is 1. The molecular formula is C16H22N2O. The van der Waals surface area contributed by atoms with Gasteiger partial charge in [0, 0.05) is 13.1 Å². The zero-order valence-corrected chi connectivity index (χ0v) is 11.6. The second-order valence-electron chi connectivity index (χ2n) is 5.99. The SMILES string of the molecule is CN1C(=O)C2(CCNCC2)CC1Cc1ccccc1. The van der Waals surface area contributed by atoms with Crippen LogP contribution in [0.3, 0.4) is 0 Å². The van der Waals surface area contributed by atoms with Crippen molar-refractivity contribution in [2.45, 2.75) is 31.7 Å². The largest absolute Gasteiger partial charge is 0.342 e. The molecule has 2 saturated heterocycles. The molecule has 3 heteroatoms. The van der Waals surface area contributed by atoms with Gasteiger partial charge in [-0.15, -0.1) is 0 Å². The number of hydrogen-bond donors (Lipinski definition) is 1. The van der Waals surface area contributed by atoms with E-state index in [2.05, 4.69) is 29.6 Å². The maximum Gasteiger partial charge on any atom is 0.228 e. The Hall–Kier alpha value is -1.35. The van der Waals surface area contributed by atoms with Gasteiger partial charge in [0.1, 0.15) is 0 Å². The average Bonchev–Trinajstić information content (AvgIpc) is 2.67. The predicted molar refractivity (Wildman–Crippen MR) is 75.9 cm³/mol. The molecule has 1 unspecified atom stereocenters. The number of hydrogen-bond acceptors (Lipinski definition) is 2. The first-order valence-corrected chi connectivity index (χ1v) is 7.23. The van der Waals surface area contributed by atoms with Crippen molar-refractivity contribution in [2.24, 2.45) is 5.41 Å². The predicted octanol–water partition coefficient (Wildman–Crippen LogP) is 1.83. The van der Waals surface area contributed by atoms with Gasteiger partial charge in [-0.2, -0.15) is 0 Å². The molecule has 1 aromatic carbocycles. The average molecular weight is 258 g/mol. The number of carbonyl (C=O) groups is 1. The number of piperidine rings is 1. The molecule has 19 heavy (non-hydrogen) atoms. The molecule has 2 heterocycles. The lowest BCUT2D eigenvalue weighted by Crippen LogP contribution is -2.42. The van der Waals surface area contributed by atoms with Crippen molar-refractivity contribution in [3.8, 4) is 0 Å². The van der Waals surface area contributed by atoms with Crippen LogP contribution in [0.5, 0.6) is 0 Å². The van der Waals surface area contributed by atoms with Crippen molar-refractivity contribution >= 4 is 5.91 Å². The lowest BCUT2D eigenvalue weighted by atomic mass is 9.76. The summed E-state index contributed by atoms with van der Waals surface area (Å²) in [5.41, 5.74) is 1.26. The smallest absolute Gasteiger partial charge is 0.228 e. The van der Waals surface area contributed by atoms with Crippen molar-refractivity contribution in [1.29, 1.82) is 0 Å². The molecule has 102 valence electrons. The number of rotatable bonds is 2. The molecule has 0 saturated carbocycles. The molecule has 0 aliphatic carbocycles. The Morgan fingerprint density at radius 3 is 2.63 bits per heavy atom. The van der Waals surface area contributed by atoms with Crippen LogP contribution in [0.15, 0.2) is 30.3 Å². The van der Waals surface area contributed by atoms with Gasteiger partial charge in [-0.3, -0.25) is 4.79 Å². The molecule has 1 N–H and O–H groups in total. The lowest BCUT2D eigenvalue weighted by molar-refractivity contribution is -0.136. The summed E-state index contributed by atoms with van der Waals surface area (Å²) in [6.07, 6.45) is 4.01. The Bertz CT molecular complexity index is 451. The van der Waals surface area contributed by atoms with Crippen LogP contribution in [0, 0.1) is 5.41 Å². The highest BCUT2D eigenvalue weighted by atomic mass is 16.2. The number of likely N-dealkylation sites (N-methyl/N-ethyl adjacent to an activating group) is 1. The van der Waals surface area contributed by atoms with Gasteiger partial charge in [0.15, 0.2) is 0 Å². The molecule has 0 aromatic heterocycles. The Morgan fingerprint density at radius 1 is 1.26 bits per heavy atom. The Labute approximate surface area is 115 Å². The van der Waals surface area contributed by atoms with E-state index in [9.17, 15) is 4.79 Å². The van der Waals surface area contributed by atoms with Crippen LogP contribution >= 0.6 is 0 Å². The maximum absolute atomic E-state index is 12.6. The van der Waals surface area contributed by atoms with Gasteiger partial charge in [-0.1, -0.05) is 30.3 Å². The van der Waals surface area contributed by atoms with Crippen LogP contribution in [0.25, 0.3) is 0 Å². The van der Waals surface area contributed by atoms with Crippen LogP contribution in [-0.4, -0.2) is 37.0 Å². The third-order valence-corrected chi connectivity index (χ3v) is 4.82. The first-order chi connectivity index (χ1) is 9.21. The van der Waals surface area contributed by atoms with E-state index in [0.29, 0.717) is 11.9 Å². The monoisotopic (exact) mass is 258 g/mol. The minimum absolute atomic E-state index is 0.0700. The van der Waals surface area contributed by atoms with Crippen molar-refractivity contribution < 1.29 is 4.79 Å². The number of likely N-dealkylation sites (tertiary alicyclic amines) is 1. The fourth-order valence-electron chi connectivity index (χ4n) is 3.63.